The zero-order valence-electron chi connectivity index (χ0n) is 40.7. The lowest BCUT2D eigenvalue weighted by atomic mass is 9.78. The third-order valence-electron chi connectivity index (χ3n) is 10.9. The van der Waals surface area contributed by atoms with Crippen molar-refractivity contribution < 1.29 is 33.5 Å². The van der Waals surface area contributed by atoms with E-state index in [9.17, 15) is 15.3 Å². The van der Waals surface area contributed by atoms with Gasteiger partial charge in [0.1, 0.15) is 17.2 Å². The fraction of sp³-hybridized carbons (Fsp3) is 0.647. The van der Waals surface area contributed by atoms with Gasteiger partial charge in [0, 0.05) is 0 Å². The van der Waals surface area contributed by atoms with E-state index in [1.807, 2.05) is 57.2 Å². The average molecular weight is 837 g/mol. The molecule has 0 aromatic heterocycles. The molecule has 3 atom stereocenters. The molecule has 0 radical (unpaired) electrons. The minimum Gasteiger partial charge on any atom is -0.507 e. The molecular formula is C51H81O7P. The van der Waals surface area contributed by atoms with Crippen LogP contribution in [-0.2, 0) is 69.9 Å². The third kappa shape index (κ3) is 13.3. The summed E-state index contributed by atoms with van der Waals surface area (Å²) in [5, 5.41) is 34.1. The molecule has 3 N–H and O–H groups in total. The summed E-state index contributed by atoms with van der Waals surface area (Å²) in [7, 11) is -4.24. The van der Waals surface area contributed by atoms with Crippen LogP contribution in [0.5, 0.6) is 17.2 Å². The first-order valence-corrected chi connectivity index (χ1v) is 23.1. The lowest BCUT2D eigenvalue weighted by molar-refractivity contribution is 0.0435. The molecule has 0 heterocycles. The Morgan fingerprint density at radius 2 is 0.542 bits per heavy atom. The molecule has 59 heavy (non-hydrogen) atoms. The Hall–Kier alpha value is -2.83. The van der Waals surface area contributed by atoms with Gasteiger partial charge in [-0.2, -0.15) is 0 Å². The Morgan fingerprint density at radius 3 is 0.678 bits per heavy atom. The van der Waals surface area contributed by atoms with Gasteiger partial charge in [-0.1, -0.05) is 161 Å². The summed E-state index contributed by atoms with van der Waals surface area (Å²) in [5.41, 5.74) is 6.12. The van der Waals surface area contributed by atoms with Gasteiger partial charge in [0.05, 0.1) is 18.3 Å². The third-order valence-corrected chi connectivity index (χ3v) is 12.7. The van der Waals surface area contributed by atoms with E-state index in [0.29, 0.717) is 36.5 Å². The van der Waals surface area contributed by atoms with Gasteiger partial charge in [-0.3, -0.25) is 13.6 Å². The van der Waals surface area contributed by atoms with Crippen LogP contribution < -0.4 is 0 Å². The van der Waals surface area contributed by atoms with Crippen molar-refractivity contribution in [2.45, 2.75) is 215 Å². The van der Waals surface area contributed by atoms with Crippen LogP contribution in [0.4, 0.5) is 0 Å². The van der Waals surface area contributed by atoms with Crippen LogP contribution in [0.1, 0.15) is 195 Å². The fourth-order valence-corrected chi connectivity index (χ4v) is 9.40. The van der Waals surface area contributed by atoms with Gasteiger partial charge in [0.25, 0.3) is 0 Å². The normalized spacial score (nSPS) is 16.2. The minimum absolute atomic E-state index is 0.305. The van der Waals surface area contributed by atoms with Gasteiger partial charge in [0.2, 0.25) is 0 Å². The van der Waals surface area contributed by atoms with Gasteiger partial charge in [-0.25, -0.2) is 4.57 Å². The lowest BCUT2D eigenvalue weighted by Crippen LogP contribution is -2.23. The summed E-state index contributed by atoms with van der Waals surface area (Å²) in [5.74, 6) is 0.915. The number of phenolic OH excluding ortho intramolecular Hbond substituents is 3. The zero-order valence-corrected chi connectivity index (χ0v) is 41.6. The molecule has 0 aliphatic carbocycles. The second kappa shape index (κ2) is 17.5. The molecule has 0 aliphatic heterocycles. The number of hydrogen-bond donors (Lipinski definition) is 3. The van der Waals surface area contributed by atoms with E-state index in [4.69, 9.17) is 13.6 Å². The van der Waals surface area contributed by atoms with Crippen molar-refractivity contribution in [3.8, 4) is 17.2 Å². The molecule has 0 aliphatic rings. The maximum Gasteiger partial charge on any atom is 0.475 e. The highest BCUT2D eigenvalue weighted by molar-refractivity contribution is 7.48. The van der Waals surface area contributed by atoms with Crippen LogP contribution in [0.15, 0.2) is 36.4 Å². The van der Waals surface area contributed by atoms with E-state index in [0.717, 1.165) is 50.1 Å². The number of aromatic hydroxyl groups is 3. The van der Waals surface area contributed by atoms with Gasteiger partial charge < -0.3 is 15.3 Å². The number of hydrogen-bond acceptors (Lipinski definition) is 7. The van der Waals surface area contributed by atoms with Crippen molar-refractivity contribution in [1.29, 1.82) is 0 Å². The Morgan fingerprint density at radius 1 is 0.390 bits per heavy atom. The summed E-state index contributed by atoms with van der Waals surface area (Å²) in [6, 6.07) is 12.1. The Balaban J connectivity index is 2.09. The first-order chi connectivity index (χ1) is 26.3. The smallest absolute Gasteiger partial charge is 0.475 e. The van der Waals surface area contributed by atoms with Crippen LogP contribution >= 0.6 is 7.82 Å². The average Bonchev–Trinajstić information content (AvgIpc) is 2.99. The summed E-state index contributed by atoms with van der Waals surface area (Å²) in [4.78, 5) is 0. The Kier molecular flexibility index (Phi) is 15.0. The topological polar surface area (TPSA) is 105 Å². The number of phosphoric acid groups is 1. The molecule has 0 fully saturated rings. The standard InChI is InChI=1S/C51H81O7P/c1-31(22-34-25-37(46(4,5)6)43(52)38(26-34)47(7,8)9)56-59(55,57-32(2)23-35-27-39(48(10,11)12)44(53)40(28-35)49(13,14)15)58-33(3)24-36-29-41(50(16,17)18)45(54)42(30-36)51(19,20)21/h25-33,52-54H,22-24H2,1-21H3. The van der Waals surface area contributed by atoms with Crippen LogP contribution in [-0.4, -0.2) is 33.6 Å². The summed E-state index contributed by atoms with van der Waals surface area (Å²) in [6.07, 6.45) is -0.492. The van der Waals surface area contributed by atoms with E-state index >= 15 is 4.57 Å². The quantitative estimate of drug-likeness (QED) is 0.156. The van der Waals surface area contributed by atoms with E-state index in [1.165, 1.54) is 0 Å². The number of phosphoric ester groups is 1. The van der Waals surface area contributed by atoms with Crippen molar-refractivity contribution in [1.82, 2.24) is 0 Å². The zero-order chi connectivity index (χ0) is 45.6. The molecule has 7 nitrogen and oxygen atoms in total. The first-order valence-electron chi connectivity index (χ1n) is 21.6. The van der Waals surface area contributed by atoms with Crippen LogP contribution in [0.25, 0.3) is 0 Å². The monoisotopic (exact) mass is 837 g/mol. The molecule has 0 bridgehead atoms. The number of benzene rings is 3. The highest BCUT2D eigenvalue weighted by Gasteiger charge is 2.36. The summed E-state index contributed by atoms with van der Waals surface area (Å²) < 4.78 is 34.5. The van der Waals surface area contributed by atoms with Gasteiger partial charge >= 0.3 is 7.82 Å². The fourth-order valence-electron chi connectivity index (χ4n) is 7.71. The molecule has 332 valence electrons. The molecule has 0 spiro atoms. The van der Waals surface area contributed by atoms with Crippen molar-refractivity contribution >= 4 is 7.82 Å². The van der Waals surface area contributed by atoms with Crippen LogP contribution in [0.3, 0.4) is 0 Å². The van der Waals surface area contributed by atoms with Crippen LogP contribution in [0.2, 0.25) is 0 Å². The maximum absolute atomic E-state index is 15.1. The molecule has 3 rings (SSSR count). The Bertz CT molecular complexity index is 1650. The van der Waals surface area contributed by atoms with Crippen molar-refractivity contribution in [3.05, 3.63) is 86.5 Å². The van der Waals surface area contributed by atoms with Crippen LogP contribution in [0, 0.1) is 0 Å². The molecule has 0 amide bonds. The van der Waals surface area contributed by atoms with Crippen molar-refractivity contribution in [2.24, 2.45) is 0 Å². The van der Waals surface area contributed by atoms with Crippen molar-refractivity contribution in [2.75, 3.05) is 0 Å². The predicted octanol–water partition coefficient (Wildman–Crippen LogP) is 13.9. The molecule has 3 aromatic rings. The maximum atomic E-state index is 15.1. The highest BCUT2D eigenvalue weighted by atomic mass is 31.2. The highest BCUT2D eigenvalue weighted by Crippen LogP contribution is 2.54. The Labute approximate surface area is 359 Å². The van der Waals surface area contributed by atoms with Gasteiger partial charge in [-0.15, -0.1) is 0 Å². The number of rotatable bonds is 12. The van der Waals surface area contributed by atoms with E-state index in [2.05, 4.69) is 125 Å². The second-order valence-electron chi connectivity index (χ2n) is 23.4. The molecule has 3 aromatic carbocycles. The van der Waals surface area contributed by atoms with Gasteiger partial charge in [-0.05, 0) is 123 Å². The largest absolute Gasteiger partial charge is 0.507 e. The lowest BCUT2D eigenvalue weighted by Gasteiger charge is -2.31. The first kappa shape index (κ1) is 50.5. The predicted molar refractivity (Wildman–Crippen MR) is 247 cm³/mol. The molecule has 0 saturated carbocycles. The van der Waals surface area contributed by atoms with E-state index in [-0.39, 0.29) is 32.5 Å². The molecule has 8 heteroatoms. The SMILES string of the molecule is CC(Cc1cc(C(C)(C)C)c(O)c(C(C)(C)C)c1)OP(=O)(OC(C)Cc1cc(C(C)(C)C)c(O)c(C(C)(C)C)c1)OC(C)Cc1cc(C(C)(C)C)c(O)c(C(C)(C)C)c1. The summed E-state index contributed by atoms with van der Waals surface area (Å²) >= 11 is 0. The molecule has 0 saturated heterocycles. The summed E-state index contributed by atoms with van der Waals surface area (Å²) in [6.45, 7) is 43.2. The second-order valence-corrected chi connectivity index (χ2v) is 25.0. The molecule has 3 unspecified atom stereocenters. The molecular weight excluding hydrogens is 756 g/mol. The number of phenols is 3. The van der Waals surface area contributed by atoms with Gasteiger partial charge in [0.15, 0.2) is 0 Å². The van der Waals surface area contributed by atoms with Crippen molar-refractivity contribution in [3.63, 3.8) is 0 Å². The van der Waals surface area contributed by atoms with E-state index in [1.54, 1.807) is 0 Å². The van der Waals surface area contributed by atoms with E-state index < -0.39 is 26.1 Å². The minimum atomic E-state index is -4.24.